The van der Waals surface area contributed by atoms with Gasteiger partial charge < -0.3 is 21.9 Å². The molecule has 26 heavy (non-hydrogen) atoms. The van der Waals surface area contributed by atoms with Gasteiger partial charge in [-0.15, -0.1) is 0 Å². The maximum absolute atomic E-state index is 9.46. The first kappa shape index (κ1) is 21.8. The molecule has 1 rings (SSSR count). The molecule has 0 bridgehead atoms. The van der Waals surface area contributed by atoms with E-state index in [0.29, 0.717) is 0 Å². The second kappa shape index (κ2) is 8.43. The first-order valence-electron chi connectivity index (χ1n) is 9.20. The molecule has 6 nitrogen and oxygen atoms in total. The van der Waals surface area contributed by atoms with Gasteiger partial charge >= 0.3 is 0 Å². The summed E-state index contributed by atoms with van der Waals surface area (Å²) < 4.78 is 0. The van der Waals surface area contributed by atoms with Gasteiger partial charge in [-0.3, -0.25) is 0 Å². The topological polar surface area (TPSA) is 117 Å². The number of oxime groups is 2. The Labute approximate surface area is 157 Å². The Kier molecular flexibility index (Phi) is 7.07. The minimum Gasteiger partial charge on any atom is -0.409 e. The molecule has 0 aliphatic rings. The monoisotopic (exact) mass is 362 g/mol. The summed E-state index contributed by atoms with van der Waals surface area (Å²) in [5.74, 6) is 0.677. The number of amidine groups is 2. The van der Waals surface area contributed by atoms with E-state index in [-0.39, 0.29) is 35.3 Å². The van der Waals surface area contributed by atoms with E-state index in [2.05, 4.69) is 65.7 Å². The second-order valence-corrected chi connectivity index (χ2v) is 7.99. The van der Waals surface area contributed by atoms with Crippen molar-refractivity contribution in [2.24, 2.45) is 21.8 Å². The summed E-state index contributed by atoms with van der Waals surface area (Å²) in [6.45, 7) is 16.6. The average molecular weight is 363 g/mol. The summed E-state index contributed by atoms with van der Waals surface area (Å²) in [5.41, 5.74) is 17.8. The molecule has 0 amide bonds. The maximum atomic E-state index is 9.46. The van der Waals surface area contributed by atoms with Crippen molar-refractivity contribution in [2.45, 2.75) is 79.1 Å². The molecule has 0 radical (unpaired) electrons. The van der Waals surface area contributed by atoms with E-state index >= 15 is 0 Å². The molecule has 0 atom stereocenters. The van der Waals surface area contributed by atoms with Crippen molar-refractivity contribution in [1.29, 1.82) is 0 Å². The fourth-order valence-electron chi connectivity index (χ4n) is 3.88. The third-order valence-corrected chi connectivity index (χ3v) is 4.69. The molecular weight excluding hydrogens is 328 g/mol. The fourth-order valence-corrected chi connectivity index (χ4v) is 3.88. The van der Waals surface area contributed by atoms with Crippen LogP contribution in [0.3, 0.4) is 0 Å². The maximum Gasteiger partial charge on any atom is 0.170 e. The minimum absolute atomic E-state index is 0.104. The Morgan fingerprint density at radius 3 is 0.885 bits per heavy atom. The van der Waals surface area contributed by atoms with Gasteiger partial charge in [-0.25, -0.2) is 0 Å². The second-order valence-electron chi connectivity index (χ2n) is 7.99. The van der Waals surface area contributed by atoms with E-state index in [4.69, 9.17) is 11.5 Å². The molecule has 0 unspecified atom stereocenters. The van der Waals surface area contributed by atoms with E-state index in [1.165, 1.54) is 0 Å². The zero-order valence-corrected chi connectivity index (χ0v) is 17.3. The number of hydrogen-bond acceptors (Lipinski definition) is 4. The summed E-state index contributed by atoms with van der Waals surface area (Å²) in [7, 11) is 0. The first-order chi connectivity index (χ1) is 12.0. The summed E-state index contributed by atoms with van der Waals surface area (Å²) in [4.78, 5) is 0. The molecule has 146 valence electrons. The van der Waals surface area contributed by atoms with E-state index < -0.39 is 0 Å². The smallest absolute Gasteiger partial charge is 0.170 e. The van der Waals surface area contributed by atoms with Crippen LogP contribution in [-0.4, -0.2) is 22.1 Å². The summed E-state index contributed by atoms with van der Waals surface area (Å²) in [5, 5.41) is 25.6. The van der Waals surface area contributed by atoms with Crippen LogP contribution in [0.15, 0.2) is 10.3 Å². The highest BCUT2D eigenvalue weighted by molar-refractivity contribution is 6.06. The third-order valence-electron chi connectivity index (χ3n) is 4.69. The van der Waals surface area contributed by atoms with Gasteiger partial charge in [0.2, 0.25) is 0 Å². The van der Waals surface area contributed by atoms with Gasteiger partial charge in [0, 0.05) is 11.1 Å². The van der Waals surface area contributed by atoms with Crippen LogP contribution in [0, 0.1) is 0 Å². The lowest BCUT2D eigenvalue weighted by Gasteiger charge is -2.32. The molecule has 0 fully saturated rings. The largest absolute Gasteiger partial charge is 0.409 e. The molecular formula is C20H34N4O2. The van der Waals surface area contributed by atoms with Crippen LogP contribution >= 0.6 is 0 Å². The van der Waals surface area contributed by atoms with Gasteiger partial charge in [0.1, 0.15) is 0 Å². The quantitative estimate of drug-likeness (QED) is 0.260. The van der Waals surface area contributed by atoms with Crippen molar-refractivity contribution in [3.63, 3.8) is 0 Å². The Bertz CT molecular complexity index is 615. The van der Waals surface area contributed by atoms with Crippen LogP contribution in [0.5, 0.6) is 0 Å². The predicted molar refractivity (Wildman–Crippen MR) is 108 cm³/mol. The Hall–Kier alpha value is -2.24. The van der Waals surface area contributed by atoms with E-state index in [0.717, 1.165) is 33.4 Å². The van der Waals surface area contributed by atoms with Crippen molar-refractivity contribution in [3.8, 4) is 0 Å². The number of nitrogens with zero attached hydrogens (tertiary/aromatic N) is 2. The fraction of sp³-hybridized carbons (Fsp3) is 0.600. The number of benzene rings is 1. The van der Waals surface area contributed by atoms with Gasteiger partial charge in [-0.2, -0.15) is 0 Å². The molecule has 1 aromatic carbocycles. The molecule has 6 N–H and O–H groups in total. The van der Waals surface area contributed by atoms with E-state index in [9.17, 15) is 10.4 Å². The zero-order chi connectivity index (χ0) is 20.3. The zero-order valence-electron chi connectivity index (χ0n) is 17.3. The highest BCUT2D eigenvalue weighted by atomic mass is 16.4. The molecule has 0 saturated heterocycles. The summed E-state index contributed by atoms with van der Waals surface area (Å²) in [6, 6.07) is 0. The van der Waals surface area contributed by atoms with E-state index in [1.807, 2.05) is 0 Å². The molecule has 1 aromatic rings. The molecule has 0 aliphatic heterocycles. The van der Waals surface area contributed by atoms with Gasteiger partial charge in [0.15, 0.2) is 11.7 Å². The third kappa shape index (κ3) is 3.79. The first-order valence-corrected chi connectivity index (χ1v) is 9.20. The van der Waals surface area contributed by atoms with Gasteiger partial charge in [0.25, 0.3) is 0 Å². The SMILES string of the molecule is CC(C)c1c(/C(N)=N/O)c(C(C)C)c(C(C)C)c(/C(N)=N/O)c1C(C)C. The van der Waals surface area contributed by atoms with Crippen molar-refractivity contribution >= 4 is 11.7 Å². The van der Waals surface area contributed by atoms with Crippen LogP contribution in [0.25, 0.3) is 0 Å². The number of rotatable bonds is 6. The Balaban J connectivity index is 4.43. The summed E-state index contributed by atoms with van der Waals surface area (Å²) >= 11 is 0. The summed E-state index contributed by atoms with van der Waals surface area (Å²) in [6.07, 6.45) is 0. The number of nitrogens with two attached hydrogens (primary N) is 2. The van der Waals surface area contributed by atoms with Crippen LogP contribution in [0.1, 0.15) is 112 Å². The van der Waals surface area contributed by atoms with Crippen LogP contribution in [-0.2, 0) is 0 Å². The molecule has 0 saturated carbocycles. The highest BCUT2D eigenvalue weighted by Crippen LogP contribution is 2.42. The standard InChI is InChI=1S/C20H34N4O2/c1-9(2)13-14(10(3)4)18(20(22)24-26)16(12(7)8)15(11(5)6)17(13)19(21)23-25/h9-12,25-26H,1-8H3,(H2,21,23)(H2,22,24). The normalized spacial score (nSPS) is 13.5. The van der Waals surface area contributed by atoms with Gasteiger partial charge in [0.05, 0.1) is 0 Å². The van der Waals surface area contributed by atoms with Crippen LogP contribution < -0.4 is 11.5 Å². The average Bonchev–Trinajstić information content (AvgIpc) is 2.56. The number of hydrogen-bond donors (Lipinski definition) is 4. The molecule has 6 heteroatoms. The van der Waals surface area contributed by atoms with E-state index in [1.54, 1.807) is 0 Å². The van der Waals surface area contributed by atoms with Crippen molar-refractivity contribution in [1.82, 2.24) is 0 Å². The lowest BCUT2D eigenvalue weighted by Crippen LogP contribution is -2.28. The highest BCUT2D eigenvalue weighted by Gasteiger charge is 2.31. The van der Waals surface area contributed by atoms with Crippen molar-refractivity contribution in [3.05, 3.63) is 33.4 Å². The van der Waals surface area contributed by atoms with Gasteiger partial charge in [-0.05, 0) is 45.9 Å². The molecule has 0 aromatic heterocycles. The van der Waals surface area contributed by atoms with Crippen LogP contribution in [0.4, 0.5) is 0 Å². The van der Waals surface area contributed by atoms with Crippen LogP contribution in [0.2, 0.25) is 0 Å². The van der Waals surface area contributed by atoms with Gasteiger partial charge in [-0.1, -0.05) is 65.7 Å². The van der Waals surface area contributed by atoms with Crippen molar-refractivity contribution < 1.29 is 10.4 Å². The van der Waals surface area contributed by atoms with Crippen molar-refractivity contribution in [2.75, 3.05) is 0 Å². The molecule has 0 spiro atoms. The lowest BCUT2D eigenvalue weighted by atomic mass is 9.73. The molecule has 0 aliphatic carbocycles. The minimum atomic E-state index is 0.104. The Morgan fingerprint density at radius 2 is 0.769 bits per heavy atom. The lowest BCUT2D eigenvalue weighted by molar-refractivity contribution is 0.318. The Morgan fingerprint density at radius 1 is 0.577 bits per heavy atom. The predicted octanol–water partition coefficient (Wildman–Crippen LogP) is 4.37. The molecule has 0 heterocycles.